The summed E-state index contributed by atoms with van der Waals surface area (Å²) < 4.78 is 23.2. The Hall–Kier alpha value is -1.13. The summed E-state index contributed by atoms with van der Waals surface area (Å²) >= 11 is 0. The quantitative estimate of drug-likeness (QED) is 0.811. The number of benzene rings is 1. The molecule has 0 spiro atoms. The van der Waals surface area contributed by atoms with Crippen LogP contribution in [0.1, 0.15) is 12.5 Å². The maximum absolute atomic E-state index is 12.8. The molecule has 3 nitrogen and oxygen atoms in total. The molecular formula is C11H15FO3. The zero-order valence-corrected chi connectivity index (χ0v) is 8.87. The number of hydrogen-bond donors (Lipinski definition) is 1. The van der Waals surface area contributed by atoms with Gasteiger partial charge in [0.1, 0.15) is 18.2 Å². The van der Waals surface area contributed by atoms with Crippen molar-refractivity contribution in [2.45, 2.75) is 19.6 Å². The summed E-state index contributed by atoms with van der Waals surface area (Å²) in [5, 5.41) is 8.99. The van der Waals surface area contributed by atoms with Crippen LogP contribution < -0.4 is 4.74 Å². The van der Waals surface area contributed by atoms with Crippen LogP contribution in [0.4, 0.5) is 4.39 Å². The van der Waals surface area contributed by atoms with E-state index in [0.717, 1.165) is 0 Å². The Bertz CT molecular complexity index is 315. The molecule has 1 rings (SSSR count). The molecule has 1 unspecified atom stereocenters. The minimum Gasteiger partial charge on any atom is -0.491 e. The monoisotopic (exact) mass is 214 g/mol. The third kappa shape index (κ3) is 3.49. The predicted octanol–water partition coefficient (Wildman–Crippen LogP) is 1.73. The first-order valence-corrected chi connectivity index (χ1v) is 4.72. The van der Waals surface area contributed by atoms with E-state index in [1.807, 2.05) is 6.92 Å². The maximum Gasteiger partial charge on any atom is 0.125 e. The lowest BCUT2D eigenvalue weighted by Gasteiger charge is -2.13. The molecule has 1 atom stereocenters. The predicted molar refractivity (Wildman–Crippen MR) is 54.3 cm³/mol. The van der Waals surface area contributed by atoms with E-state index < -0.39 is 0 Å². The smallest absolute Gasteiger partial charge is 0.125 e. The number of rotatable bonds is 5. The molecule has 1 N–H and O–H groups in total. The number of ether oxygens (including phenoxy) is 2. The molecule has 0 amide bonds. The van der Waals surface area contributed by atoms with E-state index in [0.29, 0.717) is 17.9 Å². The molecule has 0 heterocycles. The van der Waals surface area contributed by atoms with Gasteiger partial charge in [-0.3, -0.25) is 0 Å². The highest BCUT2D eigenvalue weighted by atomic mass is 19.1. The van der Waals surface area contributed by atoms with Crippen molar-refractivity contribution in [2.75, 3.05) is 13.7 Å². The maximum atomic E-state index is 12.8. The number of methoxy groups -OCH3 is 1. The second-order valence-electron chi connectivity index (χ2n) is 3.27. The molecule has 0 aliphatic carbocycles. The van der Waals surface area contributed by atoms with Gasteiger partial charge < -0.3 is 14.6 Å². The first-order chi connectivity index (χ1) is 7.17. The fourth-order valence-electron chi connectivity index (χ4n) is 1.09. The summed E-state index contributed by atoms with van der Waals surface area (Å²) in [5.41, 5.74) is 0.443. The molecule has 84 valence electrons. The first kappa shape index (κ1) is 11.9. The van der Waals surface area contributed by atoms with Gasteiger partial charge in [-0.1, -0.05) is 0 Å². The van der Waals surface area contributed by atoms with Crippen LogP contribution in [0.3, 0.4) is 0 Å². The highest BCUT2D eigenvalue weighted by Gasteiger charge is 2.06. The van der Waals surface area contributed by atoms with Gasteiger partial charge in [-0.05, 0) is 25.1 Å². The molecule has 4 heteroatoms. The lowest BCUT2D eigenvalue weighted by molar-refractivity contribution is 0.0707. The Balaban J connectivity index is 2.67. The Kier molecular flexibility index (Phi) is 4.52. The largest absolute Gasteiger partial charge is 0.491 e. The minimum absolute atomic E-state index is 0.0402. The molecule has 0 aromatic heterocycles. The van der Waals surface area contributed by atoms with Gasteiger partial charge in [0.05, 0.1) is 12.7 Å². The number of aliphatic hydroxyl groups excluding tert-OH is 1. The summed E-state index contributed by atoms with van der Waals surface area (Å²) in [6, 6.07) is 4.06. The molecule has 0 fully saturated rings. The van der Waals surface area contributed by atoms with Crippen LogP contribution in [0.25, 0.3) is 0 Å². The van der Waals surface area contributed by atoms with Gasteiger partial charge in [-0.25, -0.2) is 4.39 Å². The van der Waals surface area contributed by atoms with Crippen molar-refractivity contribution < 1.29 is 19.0 Å². The van der Waals surface area contributed by atoms with E-state index in [-0.39, 0.29) is 18.5 Å². The second kappa shape index (κ2) is 5.68. The topological polar surface area (TPSA) is 38.7 Å². The van der Waals surface area contributed by atoms with Crippen LogP contribution in [-0.2, 0) is 11.3 Å². The molecule has 1 aromatic rings. The van der Waals surface area contributed by atoms with Crippen molar-refractivity contribution in [3.05, 3.63) is 29.6 Å². The van der Waals surface area contributed by atoms with Gasteiger partial charge >= 0.3 is 0 Å². The number of aliphatic hydroxyl groups is 1. The minimum atomic E-state index is -0.383. The third-order valence-corrected chi connectivity index (χ3v) is 2.07. The van der Waals surface area contributed by atoms with E-state index in [1.54, 1.807) is 7.11 Å². The summed E-state index contributed by atoms with van der Waals surface area (Å²) in [4.78, 5) is 0. The van der Waals surface area contributed by atoms with Crippen molar-refractivity contribution in [1.82, 2.24) is 0 Å². The van der Waals surface area contributed by atoms with Crippen molar-refractivity contribution in [2.24, 2.45) is 0 Å². The molecule has 1 aromatic carbocycles. The van der Waals surface area contributed by atoms with Gasteiger partial charge in [0.25, 0.3) is 0 Å². The van der Waals surface area contributed by atoms with Crippen molar-refractivity contribution in [1.29, 1.82) is 0 Å². The van der Waals surface area contributed by atoms with Gasteiger partial charge in [0, 0.05) is 12.7 Å². The summed E-state index contributed by atoms with van der Waals surface area (Å²) in [7, 11) is 1.59. The average molecular weight is 214 g/mol. The second-order valence-corrected chi connectivity index (χ2v) is 3.27. The third-order valence-electron chi connectivity index (χ3n) is 2.07. The molecular weight excluding hydrogens is 199 g/mol. The molecule has 0 radical (unpaired) electrons. The summed E-state index contributed by atoms with van der Waals surface area (Å²) in [6.45, 7) is 1.99. The van der Waals surface area contributed by atoms with Crippen LogP contribution in [-0.4, -0.2) is 24.9 Å². The zero-order valence-electron chi connectivity index (χ0n) is 8.87. The Morgan fingerprint density at radius 2 is 2.20 bits per heavy atom. The summed E-state index contributed by atoms with van der Waals surface area (Å²) in [5.74, 6) is 0.106. The molecule has 0 aliphatic heterocycles. The SMILES string of the molecule is COC(C)COc1ccc(F)cc1CO. The van der Waals surface area contributed by atoms with E-state index in [4.69, 9.17) is 14.6 Å². The molecule has 0 saturated heterocycles. The van der Waals surface area contributed by atoms with Gasteiger partial charge in [0.15, 0.2) is 0 Å². The van der Waals surface area contributed by atoms with E-state index in [9.17, 15) is 4.39 Å². The lowest BCUT2D eigenvalue weighted by Crippen LogP contribution is -2.16. The van der Waals surface area contributed by atoms with Gasteiger partial charge in [-0.15, -0.1) is 0 Å². The van der Waals surface area contributed by atoms with E-state index in [2.05, 4.69) is 0 Å². The van der Waals surface area contributed by atoms with Crippen molar-refractivity contribution in [3.8, 4) is 5.75 Å². The Morgan fingerprint density at radius 3 is 2.80 bits per heavy atom. The van der Waals surface area contributed by atoms with Crippen LogP contribution in [0, 0.1) is 5.82 Å². The molecule has 15 heavy (non-hydrogen) atoms. The van der Waals surface area contributed by atoms with Gasteiger partial charge in [-0.2, -0.15) is 0 Å². The van der Waals surface area contributed by atoms with Gasteiger partial charge in [0.2, 0.25) is 0 Å². The fraction of sp³-hybridized carbons (Fsp3) is 0.455. The standard InChI is InChI=1S/C11H15FO3/c1-8(14-2)7-15-11-4-3-10(12)5-9(11)6-13/h3-5,8,13H,6-7H2,1-2H3. The first-order valence-electron chi connectivity index (χ1n) is 4.72. The highest BCUT2D eigenvalue weighted by Crippen LogP contribution is 2.19. The van der Waals surface area contributed by atoms with Crippen LogP contribution in [0.2, 0.25) is 0 Å². The van der Waals surface area contributed by atoms with Crippen LogP contribution >= 0.6 is 0 Å². The normalized spacial score (nSPS) is 12.5. The number of hydrogen-bond acceptors (Lipinski definition) is 3. The Labute approximate surface area is 88.4 Å². The number of halogens is 1. The zero-order chi connectivity index (χ0) is 11.3. The van der Waals surface area contributed by atoms with E-state index >= 15 is 0 Å². The lowest BCUT2D eigenvalue weighted by atomic mass is 10.2. The van der Waals surface area contributed by atoms with Crippen LogP contribution in [0.5, 0.6) is 5.75 Å². The average Bonchev–Trinajstić information content (AvgIpc) is 2.26. The Morgan fingerprint density at radius 1 is 1.47 bits per heavy atom. The van der Waals surface area contributed by atoms with Crippen molar-refractivity contribution in [3.63, 3.8) is 0 Å². The van der Waals surface area contributed by atoms with E-state index in [1.165, 1.54) is 18.2 Å². The molecule has 0 saturated carbocycles. The molecule has 0 bridgehead atoms. The summed E-state index contributed by atoms with van der Waals surface area (Å²) in [6.07, 6.45) is -0.0402. The van der Waals surface area contributed by atoms with Crippen molar-refractivity contribution >= 4 is 0 Å². The van der Waals surface area contributed by atoms with Crippen LogP contribution in [0.15, 0.2) is 18.2 Å². The fourth-order valence-corrected chi connectivity index (χ4v) is 1.09. The molecule has 0 aliphatic rings. The highest BCUT2D eigenvalue weighted by molar-refractivity contribution is 5.33.